The van der Waals surface area contributed by atoms with E-state index < -0.39 is 42.7 Å². The zero-order valence-electron chi connectivity index (χ0n) is 17.8. The molecule has 0 unspecified atom stereocenters. The average Bonchev–Trinajstić information content (AvgIpc) is 2.76. The highest BCUT2D eigenvalue weighted by Gasteiger charge is 2.28. The van der Waals surface area contributed by atoms with E-state index in [9.17, 15) is 18.0 Å². The number of sulfone groups is 1. The Morgan fingerprint density at radius 2 is 1.00 bits per heavy atom. The van der Waals surface area contributed by atoms with E-state index in [2.05, 4.69) is 27.7 Å². The van der Waals surface area contributed by atoms with Crippen molar-refractivity contribution < 1.29 is 32.7 Å². The first-order valence-electron chi connectivity index (χ1n) is 9.85. The second-order valence-electron chi connectivity index (χ2n) is 6.71. The predicted octanol–water partition coefficient (Wildman–Crippen LogP) is 3.80. The first-order valence-corrected chi connectivity index (χ1v) is 11.3. The molecule has 0 aromatic heterocycles. The summed E-state index contributed by atoms with van der Waals surface area (Å²) in [5.41, 5.74) is -0.810. The van der Waals surface area contributed by atoms with Gasteiger partial charge in [0, 0.05) is 0 Å². The zero-order valence-corrected chi connectivity index (χ0v) is 18.6. The standard InChI is InChI=1S/C14H10O6S.C8H20N/c15-13(16)9-5-1-3-7-11(9)21(19,20)12-8-4-2-6-10(12)14(17)18;1-5-9(6-2,7-3)8-4/h1-8H,(H,15,16)(H,17,18);5-8H2,1-4H3/q;+1. The van der Waals surface area contributed by atoms with E-state index in [4.69, 9.17) is 10.2 Å². The van der Waals surface area contributed by atoms with E-state index in [0.717, 1.165) is 24.3 Å². The second kappa shape index (κ2) is 10.9. The van der Waals surface area contributed by atoms with Crippen molar-refractivity contribution in [1.82, 2.24) is 0 Å². The molecule has 2 aromatic rings. The van der Waals surface area contributed by atoms with Crippen LogP contribution in [0.5, 0.6) is 0 Å². The Kier molecular flexibility index (Phi) is 9.20. The molecule has 2 aromatic carbocycles. The summed E-state index contributed by atoms with van der Waals surface area (Å²) >= 11 is 0. The maximum absolute atomic E-state index is 12.6. The second-order valence-corrected chi connectivity index (χ2v) is 8.60. The third-order valence-corrected chi connectivity index (χ3v) is 7.37. The summed E-state index contributed by atoms with van der Waals surface area (Å²) in [5.74, 6) is -2.80. The fourth-order valence-corrected chi connectivity index (χ4v) is 4.86. The molecule has 0 aliphatic heterocycles. The van der Waals surface area contributed by atoms with Gasteiger partial charge in [-0.3, -0.25) is 0 Å². The fourth-order valence-electron chi connectivity index (χ4n) is 3.22. The van der Waals surface area contributed by atoms with Crippen LogP contribution in [0.25, 0.3) is 0 Å². The van der Waals surface area contributed by atoms with Crippen molar-refractivity contribution in [3.63, 3.8) is 0 Å². The SMILES string of the molecule is CC[N+](CC)(CC)CC.O=C(O)c1ccccc1S(=O)(=O)c1ccccc1C(=O)O. The molecule has 0 bridgehead atoms. The largest absolute Gasteiger partial charge is 0.478 e. The first-order chi connectivity index (χ1) is 14.1. The van der Waals surface area contributed by atoms with Crippen LogP contribution in [-0.2, 0) is 9.84 Å². The lowest BCUT2D eigenvalue weighted by Gasteiger charge is -2.34. The number of benzene rings is 2. The maximum Gasteiger partial charge on any atom is 0.337 e. The molecule has 0 saturated carbocycles. The molecule has 2 rings (SSSR count). The lowest BCUT2D eigenvalue weighted by Crippen LogP contribution is -2.47. The van der Waals surface area contributed by atoms with E-state index in [-0.39, 0.29) is 0 Å². The normalized spacial score (nSPS) is 11.3. The molecular weight excluding hydrogens is 406 g/mol. The van der Waals surface area contributed by atoms with Gasteiger partial charge in [0.1, 0.15) is 0 Å². The summed E-state index contributed by atoms with van der Waals surface area (Å²) in [4.78, 5) is 21.4. The van der Waals surface area contributed by atoms with E-state index in [0.29, 0.717) is 0 Å². The molecule has 164 valence electrons. The van der Waals surface area contributed by atoms with Crippen molar-refractivity contribution in [3.05, 3.63) is 59.7 Å². The average molecular weight is 437 g/mol. The topological polar surface area (TPSA) is 109 Å². The lowest BCUT2D eigenvalue weighted by atomic mass is 10.2. The number of hydrogen-bond acceptors (Lipinski definition) is 4. The summed E-state index contributed by atoms with van der Waals surface area (Å²) < 4.78 is 26.4. The quantitative estimate of drug-likeness (QED) is 0.609. The van der Waals surface area contributed by atoms with Gasteiger partial charge in [0.25, 0.3) is 0 Å². The van der Waals surface area contributed by atoms with Gasteiger partial charge in [-0.1, -0.05) is 24.3 Å². The van der Waals surface area contributed by atoms with Crippen molar-refractivity contribution >= 4 is 21.8 Å². The van der Waals surface area contributed by atoms with E-state index in [1.807, 2.05) is 0 Å². The van der Waals surface area contributed by atoms with Crippen LogP contribution in [0, 0.1) is 0 Å². The van der Waals surface area contributed by atoms with Crippen molar-refractivity contribution in [2.75, 3.05) is 26.2 Å². The van der Waals surface area contributed by atoms with E-state index in [1.54, 1.807) is 0 Å². The lowest BCUT2D eigenvalue weighted by molar-refractivity contribution is -0.921. The monoisotopic (exact) mass is 436 g/mol. The minimum absolute atomic E-state index is 0.405. The minimum Gasteiger partial charge on any atom is -0.478 e. The Morgan fingerprint density at radius 1 is 0.700 bits per heavy atom. The Bertz CT molecular complexity index is 900. The zero-order chi connectivity index (χ0) is 22.9. The van der Waals surface area contributed by atoms with Gasteiger partial charge in [-0.15, -0.1) is 0 Å². The van der Waals surface area contributed by atoms with Gasteiger partial charge in [-0.25, -0.2) is 18.0 Å². The Morgan fingerprint density at radius 3 is 1.23 bits per heavy atom. The minimum atomic E-state index is -4.25. The van der Waals surface area contributed by atoms with Crippen LogP contribution in [0.4, 0.5) is 0 Å². The molecule has 7 nitrogen and oxygen atoms in total. The summed E-state index contributed by atoms with van der Waals surface area (Å²) in [6.45, 7) is 14.2. The van der Waals surface area contributed by atoms with Crippen LogP contribution in [0.15, 0.2) is 58.3 Å². The summed E-state index contributed by atoms with van der Waals surface area (Å²) in [6.07, 6.45) is 0. The molecule has 0 fully saturated rings. The molecule has 0 spiro atoms. The summed E-state index contributed by atoms with van der Waals surface area (Å²) in [6, 6.07) is 10.1. The number of nitrogens with zero attached hydrogens (tertiary/aromatic N) is 1. The Hall–Kier alpha value is -2.71. The van der Waals surface area contributed by atoms with Gasteiger partial charge in [0.15, 0.2) is 0 Å². The van der Waals surface area contributed by atoms with Gasteiger partial charge >= 0.3 is 11.9 Å². The first kappa shape index (κ1) is 25.3. The van der Waals surface area contributed by atoms with Gasteiger partial charge in [0.2, 0.25) is 9.84 Å². The molecule has 0 aliphatic rings. The van der Waals surface area contributed by atoms with Gasteiger partial charge in [0.05, 0.1) is 47.1 Å². The van der Waals surface area contributed by atoms with Crippen LogP contribution >= 0.6 is 0 Å². The molecule has 0 saturated heterocycles. The van der Waals surface area contributed by atoms with Crippen molar-refractivity contribution in [1.29, 1.82) is 0 Å². The van der Waals surface area contributed by atoms with Crippen LogP contribution in [-0.4, -0.2) is 61.2 Å². The number of hydrogen-bond donors (Lipinski definition) is 2. The van der Waals surface area contributed by atoms with Crippen LogP contribution < -0.4 is 0 Å². The molecule has 30 heavy (non-hydrogen) atoms. The molecule has 0 radical (unpaired) electrons. The number of quaternary nitrogens is 1. The maximum atomic E-state index is 12.6. The highest BCUT2D eigenvalue weighted by molar-refractivity contribution is 7.91. The number of carbonyl (C=O) groups is 2. The molecule has 2 N–H and O–H groups in total. The van der Waals surface area contributed by atoms with E-state index in [1.165, 1.54) is 54.9 Å². The smallest absolute Gasteiger partial charge is 0.337 e. The molecule has 0 heterocycles. The molecule has 0 amide bonds. The highest BCUT2D eigenvalue weighted by atomic mass is 32.2. The van der Waals surface area contributed by atoms with Crippen molar-refractivity contribution in [2.24, 2.45) is 0 Å². The third kappa shape index (κ3) is 5.67. The number of rotatable bonds is 8. The Balaban J connectivity index is 0.000000424. The Labute approximate surface area is 178 Å². The summed E-state index contributed by atoms with van der Waals surface area (Å²) in [5, 5.41) is 18.1. The molecule has 0 aliphatic carbocycles. The van der Waals surface area contributed by atoms with E-state index >= 15 is 0 Å². The van der Waals surface area contributed by atoms with Gasteiger partial charge in [-0.2, -0.15) is 0 Å². The van der Waals surface area contributed by atoms with Gasteiger partial charge < -0.3 is 14.7 Å². The number of carboxylic acid groups (broad SMARTS) is 2. The highest BCUT2D eigenvalue weighted by Crippen LogP contribution is 2.26. The van der Waals surface area contributed by atoms with Gasteiger partial charge in [-0.05, 0) is 52.0 Å². The fraction of sp³-hybridized carbons (Fsp3) is 0.364. The summed E-state index contributed by atoms with van der Waals surface area (Å²) in [7, 11) is -4.25. The predicted molar refractivity (Wildman–Crippen MR) is 115 cm³/mol. The van der Waals surface area contributed by atoms with Crippen LogP contribution in [0.2, 0.25) is 0 Å². The number of aromatic carboxylic acids is 2. The molecule has 8 heteroatoms. The third-order valence-electron chi connectivity index (χ3n) is 5.50. The van der Waals surface area contributed by atoms with Crippen LogP contribution in [0.1, 0.15) is 48.4 Å². The van der Waals surface area contributed by atoms with Crippen LogP contribution in [0.3, 0.4) is 0 Å². The molecule has 0 atom stereocenters. The van der Waals surface area contributed by atoms with Crippen molar-refractivity contribution in [2.45, 2.75) is 37.5 Å². The number of carboxylic acids is 2. The van der Waals surface area contributed by atoms with Crippen molar-refractivity contribution in [3.8, 4) is 0 Å². The molecular formula is C22H30NO6S+.